The summed E-state index contributed by atoms with van der Waals surface area (Å²) in [4.78, 5) is 29.1. The van der Waals surface area contributed by atoms with Crippen molar-refractivity contribution in [2.24, 2.45) is 0 Å². The highest BCUT2D eigenvalue weighted by molar-refractivity contribution is 8.00. The SMILES string of the molecule is Cc1nc(CCNC(=O)c2ccc3c(c2)NC(=O)C(C)S3)n[nH]1. The Bertz CT molecular complexity index is 758. The van der Waals surface area contributed by atoms with Gasteiger partial charge in [0.25, 0.3) is 5.91 Å². The van der Waals surface area contributed by atoms with Gasteiger partial charge in [-0.05, 0) is 32.0 Å². The minimum Gasteiger partial charge on any atom is -0.352 e. The molecule has 0 bridgehead atoms. The van der Waals surface area contributed by atoms with E-state index in [1.165, 1.54) is 11.8 Å². The second kappa shape index (κ2) is 6.41. The molecule has 1 aliphatic heterocycles. The molecule has 2 aromatic rings. The van der Waals surface area contributed by atoms with Crippen molar-refractivity contribution >= 4 is 29.3 Å². The van der Waals surface area contributed by atoms with E-state index in [1.807, 2.05) is 19.9 Å². The number of thioether (sulfide) groups is 1. The van der Waals surface area contributed by atoms with Crippen LogP contribution in [0.3, 0.4) is 0 Å². The number of hydrogen-bond acceptors (Lipinski definition) is 5. The van der Waals surface area contributed by atoms with E-state index in [2.05, 4.69) is 25.8 Å². The van der Waals surface area contributed by atoms with E-state index in [0.717, 1.165) is 10.7 Å². The highest BCUT2D eigenvalue weighted by Crippen LogP contribution is 2.35. The number of benzene rings is 1. The van der Waals surface area contributed by atoms with Crippen LogP contribution in [0.15, 0.2) is 23.1 Å². The van der Waals surface area contributed by atoms with Gasteiger partial charge in [-0.1, -0.05) is 0 Å². The van der Waals surface area contributed by atoms with Crippen molar-refractivity contribution in [2.45, 2.75) is 30.4 Å². The number of aryl methyl sites for hydroxylation is 1. The summed E-state index contributed by atoms with van der Waals surface area (Å²) in [6.07, 6.45) is 0.561. The molecule has 0 aliphatic carbocycles. The molecule has 3 rings (SSSR count). The summed E-state index contributed by atoms with van der Waals surface area (Å²) in [6, 6.07) is 5.34. The number of aromatic nitrogens is 3. The molecule has 0 spiro atoms. The Hall–Kier alpha value is -2.35. The Morgan fingerprint density at radius 1 is 1.43 bits per heavy atom. The Balaban J connectivity index is 1.61. The molecule has 0 fully saturated rings. The van der Waals surface area contributed by atoms with Gasteiger partial charge in [0.15, 0.2) is 5.82 Å². The van der Waals surface area contributed by atoms with Crippen molar-refractivity contribution in [3.8, 4) is 0 Å². The molecule has 2 amide bonds. The number of amides is 2. The molecule has 0 saturated heterocycles. The number of carbonyl (C=O) groups is 2. The first-order valence-electron chi connectivity index (χ1n) is 7.30. The molecule has 1 aromatic heterocycles. The number of nitrogens with one attached hydrogen (secondary N) is 3. The standard InChI is InChI=1S/C15H17N5O2S/c1-8-14(21)18-11-7-10(3-4-12(11)23-8)15(22)16-6-5-13-17-9(2)19-20-13/h3-4,7-8H,5-6H2,1-2H3,(H,16,22)(H,18,21)(H,17,19,20). The largest absolute Gasteiger partial charge is 0.352 e. The number of anilines is 1. The van der Waals surface area contributed by atoms with Crippen molar-refractivity contribution in [1.82, 2.24) is 20.5 Å². The average Bonchev–Trinajstić information content (AvgIpc) is 2.93. The van der Waals surface area contributed by atoms with Gasteiger partial charge in [-0.2, -0.15) is 5.10 Å². The van der Waals surface area contributed by atoms with E-state index in [9.17, 15) is 9.59 Å². The Labute approximate surface area is 137 Å². The Kier molecular flexibility index (Phi) is 4.33. The monoisotopic (exact) mass is 331 g/mol. The Morgan fingerprint density at radius 3 is 3.00 bits per heavy atom. The number of aromatic amines is 1. The van der Waals surface area contributed by atoms with Gasteiger partial charge < -0.3 is 10.6 Å². The molecule has 7 nitrogen and oxygen atoms in total. The van der Waals surface area contributed by atoms with E-state index in [1.54, 1.807) is 12.1 Å². The first kappa shape index (κ1) is 15.5. The zero-order valence-electron chi connectivity index (χ0n) is 12.8. The number of hydrogen-bond donors (Lipinski definition) is 3. The maximum Gasteiger partial charge on any atom is 0.251 e. The highest BCUT2D eigenvalue weighted by atomic mass is 32.2. The highest BCUT2D eigenvalue weighted by Gasteiger charge is 2.23. The van der Waals surface area contributed by atoms with Crippen LogP contribution in [-0.4, -0.2) is 38.8 Å². The van der Waals surface area contributed by atoms with Gasteiger partial charge in [-0.3, -0.25) is 14.7 Å². The van der Waals surface area contributed by atoms with Crippen LogP contribution < -0.4 is 10.6 Å². The first-order chi connectivity index (χ1) is 11.0. The Morgan fingerprint density at radius 2 is 2.26 bits per heavy atom. The molecule has 23 heavy (non-hydrogen) atoms. The lowest BCUT2D eigenvalue weighted by Gasteiger charge is -2.21. The van der Waals surface area contributed by atoms with Gasteiger partial charge in [-0.25, -0.2) is 4.98 Å². The molecule has 0 saturated carbocycles. The molecule has 120 valence electrons. The molecule has 1 aliphatic rings. The molecular weight excluding hydrogens is 314 g/mol. The lowest BCUT2D eigenvalue weighted by atomic mass is 10.1. The van der Waals surface area contributed by atoms with Crippen LogP contribution in [0.5, 0.6) is 0 Å². The molecule has 1 atom stereocenters. The van der Waals surface area contributed by atoms with E-state index in [0.29, 0.717) is 30.0 Å². The summed E-state index contributed by atoms with van der Waals surface area (Å²) in [5.74, 6) is 1.20. The summed E-state index contributed by atoms with van der Waals surface area (Å²) >= 11 is 1.49. The van der Waals surface area contributed by atoms with E-state index < -0.39 is 0 Å². The molecule has 3 N–H and O–H groups in total. The van der Waals surface area contributed by atoms with Crippen LogP contribution in [0.2, 0.25) is 0 Å². The minimum absolute atomic E-state index is 0.0416. The van der Waals surface area contributed by atoms with Crippen molar-refractivity contribution in [3.05, 3.63) is 35.4 Å². The molecular formula is C15H17N5O2S. The van der Waals surface area contributed by atoms with Crippen LogP contribution in [0, 0.1) is 6.92 Å². The zero-order chi connectivity index (χ0) is 16.4. The number of rotatable bonds is 4. The lowest BCUT2D eigenvalue weighted by Crippen LogP contribution is -2.28. The molecule has 1 unspecified atom stereocenters. The predicted octanol–water partition coefficient (Wildman–Crippen LogP) is 1.52. The van der Waals surface area contributed by atoms with Crippen LogP contribution in [0.1, 0.15) is 28.9 Å². The number of H-pyrrole nitrogens is 1. The van der Waals surface area contributed by atoms with Crippen LogP contribution in [0.4, 0.5) is 5.69 Å². The average molecular weight is 331 g/mol. The maximum absolute atomic E-state index is 12.2. The zero-order valence-corrected chi connectivity index (χ0v) is 13.7. The molecule has 1 aromatic carbocycles. The van der Waals surface area contributed by atoms with Crippen molar-refractivity contribution in [2.75, 3.05) is 11.9 Å². The minimum atomic E-state index is -0.182. The summed E-state index contributed by atoms with van der Waals surface area (Å²) in [5.41, 5.74) is 1.21. The number of fused-ring (bicyclic) bond motifs is 1. The second-order valence-corrected chi connectivity index (χ2v) is 6.69. The van der Waals surface area contributed by atoms with Crippen molar-refractivity contribution < 1.29 is 9.59 Å². The smallest absolute Gasteiger partial charge is 0.251 e. The van der Waals surface area contributed by atoms with E-state index >= 15 is 0 Å². The molecule has 2 heterocycles. The van der Waals surface area contributed by atoms with Crippen molar-refractivity contribution in [3.63, 3.8) is 0 Å². The third-order valence-electron chi connectivity index (χ3n) is 3.45. The van der Waals surface area contributed by atoms with Gasteiger partial charge in [0.05, 0.1) is 10.9 Å². The maximum atomic E-state index is 12.2. The van der Waals surface area contributed by atoms with Crippen molar-refractivity contribution in [1.29, 1.82) is 0 Å². The fourth-order valence-electron chi connectivity index (χ4n) is 2.24. The first-order valence-corrected chi connectivity index (χ1v) is 8.18. The molecule has 8 heteroatoms. The number of carbonyl (C=O) groups excluding carboxylic acids is 2. The van der Waals surface area contributed by atoms with Crippen LogP contribution in [0.25, 0.3) is 0 Å². The fourth-order valence-corrected chi connectivity index (χ4v) is 3.17. The van der Waals surface area contributed by atoms with E-state index in [-0.39, 0.29) is 17.1 Å². The van der Waals surface area contributed by atoms with Gasteiger partial charge in [0.2, 0.25) is 5.91 Å². The summed E-state index contributed by atoms with van der Waals surface area (Å²) < 4.78 is 0. The third-order valence-corrected chi connectivity index (χ3v) is 4.63. The third kappa shape index (κ3) is 3.53. The van der Waals surface area contributed by atoms with Crippen LogP contribution in [-0.2, 0) is 11.2 Å². The quantitative estimate of drug-likeness (QED) is 0.789. The summed E-state index contributed by atoms with van der Waals surface area (Å²) in [5, 5.41) is 12.3. The van der Waals surface area contributed by atoms with E-state index in [4.69, 9.17) is 0 Å². The second-order valence-electron chi connectivity index (χ2n) is 5.30. The summed E-state index contributed by atoms with van der Waals surface area (Å²) in [6.45, 7) is 4.13. The fraction of sp³-hybridized carbons (Fsp3) is 0.333. The van der Waals surface area contributed by atoms with Crippen LogP contribution >= 0.6 is 11.8 Å². The molecule has 0 radical (unpaired) electrons. The van der Waals surface area contributed by atoms with Gasteiger partial charge in [0, 0.05) is 23.4 Å². The predicted molar refractivity (Wildman–Crippen MR) is 87.5 cm³/mol. The normalized spacial score (nSPS) is 16.6. The lowest BCUT2D eigenvalue weighted by molar-refractivity contribution is -0.115. The number of nitrogens with zero attached hydrogens (tertiary/aromatic N) is 2. The van der Waals surface area contributed by atoms with Gasteiger partial charge >= 0.3 is 0 Å². The summed E-state index contributed by atoms with van der Waals surface area (Å²) in [7, 11) is 0. The van der Waals surface area contributed by atoms with Gasteiger partial charge in [-0.15, -0.1) is 11.8 Å². The topological polar surface area (TPSA) is 99.8 Å². The van der Waals surface area contributed by atoms with Gasteiger partial charge in [0.1, 0.15) is 5.82 Å².